The van der Waals surface area contributed by atoms with E-state index in [1.807, 2.05) is 0 Å². The van der Waals surface area contributed by atoms with E-state index in [-0.39, 0.29) is 40.5 Å². The Balaban J connectivity index is 2.20. The van der Waals surface area contributed by atoms with E-state index in [1.54, 1.807) is 6.92 Å². The van der Waals surface area contributed by atoms with Crippen LogP contribution in [0.4, 0.5) is 5.13 Å². The fraction of sp³-hybridized carbons (Fsp3) is 0.583. The van der Waals surface area contributed by atoms with Crippen LogP contribution in [0.15, 0.2) is 0 Å². The monoisotopic (exact) mass is 332 g/mol. The fourth-order valence-electron chi connectivity index (χ4n) is 2.04. The van der Waals surface area contributed by atoms with Gasteiger partial charge < -0.3 is 10.1 Å². The second-order valence-electron chi connectivity index (χ2n) is 4.72. The number of aromatic nitrogens is 1. The number of ketones is 1. The van der Waals surface area contributed by atoms with Gasteiger partial charge in [-0.3, -0.25) is 4.79 Å². The number of Topliss-reactive ketones (excluding diaryl/α,β-unsaturated/α-hetero) is 1. The van der Waals surface area contributed by atoms with Crippen molar-refractivity contribution in [2.75, 3.05) is 23.4 Å². The van der Waals surface area contributed by atoms with Crippen molar-refractivity contribution in [3.8, 4) is 0 Å². The molecule has 1 saturated heterocycles. The number of sulfone groups is 1. The fourth-order valence-corrected chi connectivity index (χ4v) is 4.64. The molecule has 1 aromatic heterocycles. The summed E-state index contributed by atoms with van der Waals surface area (Å²) in [5, 5.41) is 3.34. The second-order valence-corrected chi connectivity index (χ2v) is 7.95. The third kappa shape index (κ3) is 3.79. The number of hydrogen-bond acceptors (Lipinski definition) is 8. The van der Waals surface area contributed by atoms with Crippen LogP contribution in [-0.4, -0.2) is 49.3 Å². The van der Waals surface area contributed by atoms with E-state index in [4.69, 9.17) is 4.74 Å². The van der Waals surface area contributed by atoms with Crippen molar-refractivity contribution >= 4 is 38.1 Å². The van der Waals surface area contributed by atoms with Gasteiger partial charge in [-0.05, 0) is 13.3 Å². The molecular weight excluding hydrogens is 316 g/mol. The molecule has 7 nitrogen and oxygen atoms in total. The van der Waals surface area contributed by atoms with Crippen LogP contribution in [0.25, 0.3) is 0 Å². The highest BCUT2D eigenvalue weighted by atomic mass is 32.2. The summed E-state index contributed by atoms with van der Waals surface area (Å²) < 4.78 is 27.7. The normalized spacial score (nSPS) is 20.2. The van der Waals surface area contributed by atoms with Crippen LogP contribution < -0.4 is 5.32 Å². The molecule has 2 rings (SSSR count). The highest BCUT2D eigenvalue weighted by Gasteiger charge is 2.29. The van der Waals surface area contributed by atoms with Gasteiger partial charge in [0.25, 0.3) is 0 Å². The van der Waals surface area contributed by atoms with E-state index < -0.39 is 15.8 Å². The molecule has 116 valence electrons. The summed E-state index contributed by atoms with van der Waals surface area (Å²) in [6.45, 7) is 3.21. The largest absolute Gasteiger partial charge is 0.461 e. The standard InChI is InChI=1S/C12H16N2O5S2/c1-3-19-11(16)9-10(7(2)15)20-12(14-9)13-8-4-5-21(17,18)6-8/h8H,3-6H2,1-2H3,(H,13,14). The Morgan fingerprint density at radius 3 is 2.71 bits per heavy atom. The van der Waals surface area contributed by atoms with Gasteiger partial charge in [0.15, 0.2) is 26.4 Å². The third-order valence-electron chi connectivity index (χ3n) is 2.98. The first-order chi connectivity index (χ1) is 9.82. The molecule has 1 aromatic rings. The Kier molecular flexibility index (Phi) is 4.62. The Bertz CT molecular complexity index is 665. The Morgan fingerprint density at radius 2 is 2.19 bits per heavy atom. The van der Waals surface area contributed by atoms with E-state index in [9.17, 15) is 18.0 Å². The minimum absolute atomic E-state index is 0.0160. The summed E-state index contributed by atoms with van der Waals surface area (Å²) in [6.07, 6.45) is 0.492. The first-order valence-corrected chi connectivity index (χ1v) is 9.12. The third-order valence-corrected chi connectivity index (χ3v) is 5.83. The zero-order valence-electron chi connectivity index (χ0n) is 11.7. The van der Waals surface area contributed by atoms with Gasteiger partial charge in [0.05, 0.1) is 18.1 Å². The summed E-state index contributed by atoms with van der Waals surface area (Å²) in [5.41, 5.74) is -0.0160. The van der Waals surface area contributed by atoms with E-state index in [2.05, 4.69) is 10.3 Å². The second kappa shape index (κ2) is 6.10. The molecule has 1 unspecified atom stereocenters. The van der Waals surface area contributed by atoms with Crippen molar-refractivity contribution in [3.05, 3.63) is 10.6 Å². The lowest BCUT2D eigenvalue weighted by Crippen LogP contribution is -2.20. The van der Waals surface area contributed by atoms with Gasteiger partial charge in [-0.25, -0.2) is 18.2 Å². The van der Waals surface area contributed by atoms with Crippen LogP contribution >= 0.6 is 11.3 Å². The maximum Gasteiger partial charge on any atom is 0.358 e. The van der Waals surface area contributed by atoms with Crippen LogP contribution in [-0.2, 0) is 14.6 Å². The number of ether oxygens (including phenoxy) is 1. The number of carbonyl (C=O) groups is 2. The van der Waals surface area contributed by atoms with Crippen molar-refractivity contribution in [1.29, 1.82) is 0 Å². The first kappa shape index (κ1) is 15.9. The lowest BCUT2D eigenvalue weighted by Gasteiger charge is -2.08. The minimum Gasteiger partial charge on any atom is -0.461 e. The van der Waals surface area contributed by atoms with E-state index in [0.29, 0.717) is 11.6 Å². The van der Waals surface area contributed by atoms with Crippen LogP contribution in [0.5, 0.6) is 0 Å². The van der Waals surface area contributed by atoms with Gasteiger partial charge in [0.2, 0.25) is 0 Å². The van der Waals surface area contributed by atoms with E-state index in [0.717, 1.165) is 11.3 Å². The van der Waals surface area contributed by atoms with Crippen molar-refractivity contribution in [1.82, 2.24) is 4.98 Å². The molecule has 0 bridgehead atoms. The summed E-state index contributed by atoms with van der Waals surface area (Å²) in [7, 11) is -3.00. The average molecular weight is 332 g/mol. The maximum absolute atomic E-state index is 11.8. The zero-order valence-corrected chi connectivity index (χ0v) is 13.3. The molecule has 1 aliphatic heterocycles. The Hall–Kier alpha value is -1.48. The van der Waals surface area contributed by atoms with Crippen LogP contribution in [0.2, 0.25) is 0 Å². The highest BCUT2D eigenvalue weighted by molar-refractivity contribution is 7.91. The smallest absolute Gasteiger partial charge is 0.358 e. The van der Waals surface area contributed by atoms with Gasteiger partial charge >= 0.3 is 5.97 Å². The lowest BCUT2D eigenvalue weighted by atomic mass is 10.3. The molecule has 0 spiro atoms. The topological polar surface area (TPSA) is 102 Å². The number of carbonyl (C=O) groups excluding carboxylic acids is 2. The lowest BCUT2D eigenvalue weighted by molar-refractivity contribution is 0.0517. The van der Waals surface area contributed by atoms with Crippen LogP contribution in [0, 0.1) is 0 Å². The van der Waals surface area contributed by atoms with E-state index in [1.165, 1.54) is 6.92 Å². The summed E-state index contributed by atoms with van der Waals surface area (Å²) >= 11 is 1.04. The maximum atomic E-state index is 11.8. The number of thiazole rings is 1. The van der Waals surface area contributed by atoms with Gasteiger partial charge in [-0.2, -0.15) is 0 Å². The molecule has 1 fully saturated rings. The van der Waals surface area contributed by atoms with Gasteiger partial charge in [-0.15, -0.1) is 0 Å². The molecule has 21 heavy (non-hydrogen) atoms. The molecule has 0 aromatic carbocycles. The first-order valence-electron chi connectivity index (χ1n) is 6.48. The number of rotatable bonds is 5. The summed E-state index contributed by atoms with van der Waals surface area (Å²) in [5.74, 6) is -0.745. The Morgan fingerprint density at radius 1 is 1.48 bits per heavy atom. The molecule has 1 aliphatic rings. The molecule has 0 aliphatic carbocycles. The molecule has 1 N–H and O–H groups in total. The van der Waals surface area contributed by atoms with Gasteiger partial charge in [0, 0.05) is 13.0 Å². The molecule has 0 amide bonds. The number of esters is 1. The summed E-state index contributed by atoms with van der Waals surface area (Å²) in [4.78, 5) is 27.6. The number of nitrogens with zero attached hydrogens (tertiary/aromatic N) is 1. The molecule has 0 radical (unpaired) electrons. The minimum atomic E-state index is -3.00. The highest BCUT2D eigenvalue weighted by Crippen LogP contribution is 2.26. The Labute approximate surface area is 126 Å². The van der Waals surface area contributed by atoms with Crippen molar-refractivity contribution < 1.29 is 22.7 Å². The zero-order chi connectivity index (χ0) is 15.6. The molecular formula is C12H16N2O5S2. The van der Waals surface area contributed by atoms with Crippen LogP contribution in [0.3, 0.4) is 0 Å². The van der Waals surface area contributed by atoms with Gasteiger partial charge in [0.1, 0.15) is 4.88 Å². The predicted octanol–water partition coefficient (Wildman–Crippen LogP) is 1.12. The SMILES string of the molecule is CCOC(=O)c1nc(NC2CCS(=O)(=O)C2)sc1C(C)=O. The number of hydrogen-bond donors (Lipinski definition) is 1. The van der Waals surface area contributed by atoms with Gasteiger partial charge in [-0.1, -0.05) is 11.3 Å². The van der Waals surface area contributed by atoms with Crippen molar-refractivity contribution in [2.45, 2.75) is 26.3 Å². The summed E-state index contributed by atoms with van der Waals surface area (Å²) in [6, 6.07) is -0.240. The van der Waals surface area contributed by atoms with Crippen molar-refractivity contribution in [3.63, 3.8) is 0 Å². The van der Waals surface area contributed by atoms with E-state index >= 15 is 0 Å². The van der Waals surface area contributed by atoms with Crippen molar-refractivity contribution in [2.24, 2.45) is 0 Å². The molecule has 9 heteroatoms. The quantitative estimate of drug-likeness (QED) is 0.636. The predicted molar refractivity (Wildman–Crippen MR) is 78.8 cm³/mol. The molecule has 2 heterocycles. The average Bonchev–Trinajstić information content (AvgIpc) is 2.94. The number of anilines is 1. The number of nitrogens with one attached hydrogen (secondary N) is 1. The van der Waals surface area contributed by atoms with Crippen LogP contribution in [0.1, 0.15) is 40.4 Å². The molecule has 0 saturated carbocycles. The molecule has 1 atom stereocenters.